The van der Waals surface area contributed by atoms with Crippen molar-refractivity contribution in [2.45, 2.75) is 76.7 Å². The highest BCUT2D eigenvalue weighted by molar-refractivity contribution is 7.43. The molecule has 0 saturated heterocycles. The second-order valence-corrected chi connectivity index (χ2v) is 6.61. The number of hydrogen-bond acceptors (Lipinski definition) is 3. The minimum atomic E-state index is -1.60. The van der Waals surface area contributed by atoms with Crippen molar-refractivity contribution in [1.82, 2.24) is 0 Å². The molecule has 0 N–H and O–H groups in total. The van der Waals surface area contributed by atoms with Crippen molar-refractivity contribution < 1.29 is 12.7 Å². The topological polar surface area (TPSA) is 27.7 Å². The second kappa shape index (κ2) is 11.7. The first-order valence-corrected chi connectivity index (χ1v) is 8.62. The van der Waals surface area contributed by atoms with Crippen molar-refractivity contribution in [3.05, 3.63) is 0 Å². The average Bonchev–Trinajstić information content (AvgIpc) is 2.38. The maximum atomic E-state index is 5.65. The van der Waals surface area contributed by atoms with Gasteiger partial charge in [-0.1, -0.05) is 57.8 Å². The van der Waals surface area contributed by atoms with Crippen molar-refractivity contribution in [1.29, 1.82) is 0 Å². The molecule has 0 amide bonds. The van der Waals surface area contributed by atoms with Gasteiger partial charge in [-0.25, -0.2) is 0 Å². The first kappa shape index (κ1) is 16.9. The summed E-state index contributed by atoms with van der Waals surface area (Å²) in [5.41, 5.74) is 0. The summed E-state index contributed by atoms with van der Waals surface area (Å²) in [6, 6.07) is 0. The van der Waals surface area contributed by atoms with Crippen molar-refractivity contribution in [3.63, 3.8) is 0 Å². The van der Waals surface area contributed by atoms with Gasteiger partial charge in [0.2, 0.25) is 0 Å². The Kier molecular flexibility index (Phi) is 11.0. The van der Waals surface area contributed by atoms with E-state index in [0.29, 0.717) is 0 Å². The van der Waals surface area contributed by atoms with Gasteiger partial charge in [0, 0.05) is 0 Å². The zero-order chi connectivity index (χ0) is 13.1. The molecule has 0 aromatic carbocycles. The second-order valence-electron chi connectivity index (χ2n) is 4.85. The minimum Gasteiger partial charge on any atom is -0.307 e. The highest BCUT2D eigenvalue weighted by atomic mass is 35.5. The van der Waals surface area contributed by atoms with Crippen LogP contribution in [0.2, 0.25) is 0 Å². The van der Waals surface area contributed by atoms with Gasteiger partial charge in [-0.3, -0.25) is 0 Å². The SMILES string of the molecule is ClOP(OCl)OC1CCCCCCCCCCC1. The molecule has 6 heteroatoms. The molecule has 0 spiro atoms. The molecule has 0 aromatic rings. The van der Waals surface area contributed by atoms with Crippen LogP contribution in [0.15, 0.2) is 0 Å². The number of rotatable bonds is 4. The van der Waals surface area contributed by atoms with Crippen LogP contribution < -0.4 is 0 Å². The Morgan fingerprint density at radius 3 is 1.44 bits per heavy atom. The molecule has 1 saturated carbocycles. The Labute approximate surface area is 122 Å². The predicted octanol–water partition coefficient (Wildman–Crippen LogP) is 6.24. The summed E-state index contributed by atoms with van der Waals surface area (Å²) in [5, 5.41) is 0. The lowest BCUT2D eigenvalue weighted by molar-refractivity contribution is 0.156. The molecule has 18 heavy (non-hydrogen) atoms. The van der Waals surface area contributed by atoms with E-state index in [4.69, 9.17) is 28.3 Å². The summed E-state index contributed by atoms with van der Waals surface area (Å²) in [6.45, 7) is 0. The van der Waals surface area contributed by atoms with Gasteiger partial charge in [-0.15, -0.1) is 0 Å². The monoisotopic (exact) mass is 316 g/mol. The summed E-state index contributed by atoms with van der Waals surface area (Å²) in [6.07, 6.45) is 14.0. The van der Waals surface area contributed by atoms with Crippen molar-refractivity contribution in [2.75, 3.05) is 0 Å². The standard InChI is InChI=1S/C12H23Cl2O3P/c13-16-18(17-14)15-12-10-8-6-4-2-1-3-5-7-9-11-12/h12H,1-11H2. The fourth-order valence-electron chi connectivity index (χ4n) is 2.40. The molecule has 1 aliphatic carbocycles. The zero-order valence-electron chi connectivity index (χ0n) is 10.8. The molecule has 0 heterocycles. The van der Waals surface area contributed by atoms with E-state index >= 15 is 0 Å². The van der Waals surface area contributed by atoms with Crippen LogP contribution in [0.3, 0.4) is 0 Å². The van der Waals surface area contributed by atoms with Crippen LogP contribution in [0.5, 0.6) is 0 Å². The molecule has 1 fully saturated rings. The average molecular weight is 317 g/mol. The molecule has 108 valence electrons. The molecule has 0 aliphatic heterocycles. The lowest BCUT2D eigenvalue weighted by Gasteiger charge is -2.20. The van der Waals surface area contributed by atoms with E-state index in [-0.39, 0.29) is 6.10 Å². The van der Waals surface area contributed by atoms with Gasteiger partial charge in [-0.05, 0) is 12.8 Å². The molecular weight excluding hydrogens is 294 g/mol. The fourth-order valence-corrected chi connectivity index (χ4v) is 3.39. The predicted molar refractivity (Wildman–Crippen MR) is 76.5 cm³/mol. The van der Waals surface area contributed by atoms with E-state index in [0.717, 1.165) is 12.8 Å². The molecule has 0 unspecified atom stereocenters. The van der Waals surface area contributed by atoms with E-state index in [1.165, 1.54) is 57.8 Å². The van der Waals surface area contributed by atoms with Gasteiger partial charge in [0.15, 0.2) is 0 Å². The lowest BCUT2D eigenvalue weighted by atomic mass is 10.00. The van der Waals surface area contributed by atoms with Crippen LogP contribution in [-0.4, -0.2) is 6.10 Å². The van der Waals surface area contributed by atoms with Crippen LogP contribution >= 0.6 is 32.3 Å². The largest absolute Gasteiger partial charge is 0.368 e. The zero-order valence-corrected chi connectivity index (χ0v) is 13.2. The molecule has 3 nitrogen and oxygen atoms in total. The Bertz CT molecular complexity index is 182. The van der Waals surface area contributed by atoms with Crippen LogP contribution in [-0.2, 0) is 12.7 Å². The summed E-state index contributed by atoms with van der Waals surface area (Å²) in [5.74, 6) is 0. The molecule has 1 rings (SSSR count). The third kappa shape index (κ3) is 8.14. The first-order chi connectivity index (χ1) is 8.86. The van der Waals surface area contributed by atoms with Crippen LogP contribution in [0, 0.1) is 0 Å². The van der Waals surface area contributed by atoms with Gasteiger partial charge in [0.1, 0.15) is 0 Å². The summed E-state index contributed by atoms with van der Waals surface area (Å²) in [4.78, 5) is 0. The third-order valence-corrected chi connectivity index (χ3v) is 4.77. The molecule has 0 radical (unpaired) electrons. The Balaban J connectivity index is 2.31. The highest BCUT2D eigenvalue weighted by Crippen LogP contribution is 2.45. The summed E-state index contributed by atoms with van der Waals surface area (Å²) < 4.78 is 14.7. The van der Waals surface area contributed by atoms with Crippen molar-refractivity contribution in [2.24, 2.45) is 0 Å². The van der Waals surface area contributed by atoms with Crippen molar-refractivity contribution >= 4 is 32.3 Å². The third-order valence-electron chi connectivity index (χ3n) is 3.40. The van der Waals surface area contributed by atoms with Gasteiger partial charge in [0.25, 0.3) is 0 Å². The van der Waals surface area contributed by atoms with E-state index in [1.807, 2.05) is 0 Å². The highest BCUT2D eigenvalue weighted by Gasteiger charge is 2.19. The Morgan fingerprint density at radius 2 is 1.06 bits per heavy atom. The van der Waals surface area contributed by atoms with Gasteiger partial charge in [0.05, 0.1) is 29.8 Å². The lowest BCUT2D eigenvalue weighted by Crippen LogP contribution is -2.11. The Morgan fingerprint density at radius 1 is 0.667 bits per heavy atom. The van der Waals surface area contributed by atoms with E-state index in [1.54, 1.807) is 0 Å². The normalized spacial score (nSPS) is 21.5. The molecule has 0 atom stereocenters. The minimum absolute atomic E-state index is 0.160. The van der Waals surface area contributed by atoms with Crippen LogP contribution in [0.4, 0.5) is 0 Å². The van der Waals surface area contributed by atoms with E-state index in [2.05, 4.69) is 8.15 Å². The molecule has 0 bridgehead atoms. The molecule has 0 aromatic heterocycles. The van der Waals surface area contributed by atoms with E-state index < -0.39 is 8.60 Å². The summed E-state index contributed by atoms with van der Waals surface area (Å²) in [7, 11) is -1.60. The number of hydrogen-bond donors (Lipinski definition) is 0. The smallest absolute Gasteiger partial charge is 0.307 e. The van der Waals surface area contributed by atoms with Crippen LogP contribution in [0.25, 0.3) is 0 Å². The maximum absolute atomic E-state index is 5.65. The van der Waals surface area contributed by atoms with E-state index in [9.17, 15) is 0 Å². The Hall–Kier alpha value is 0.890. The fraction of sp³-hybridized carbons (Fsp3) is 1.00. The maximum Gasteiger partial charge on any atom is 0.368 e. The van der Waals surface area contributed by atoms with Crippen LogP contribution in [0.1, 0.15) is 70.6 Å². The number of halogens is 2. The molecule has 1 aliphatic rings. The molecular formula is C12H23Cl2O3P. The van der Waals surface area contributed by atoms with Gasteiger partial charge in [-0.2, -0.15) is 8.15 Å². The first-order valence-electron chi connectivity index (χ1n) is 6.91. The van der Waals surface area contributed by atoms with Gasteiger partial charge < -0.3 is 4.52 Å². The van der Waals surface area contributed by atoms with Gasteiger partial charge >= 0.3 is 8.60 Å². The van der Waals surface area contributed by atoms with Crippen molar-refractivity contribution in [3.8, 4) is 0 Å². The summed E-state index contributed by atoms with van der Waals surface area (Å²) >= 11 is 10.5. The quantitative estimate of drug-likeness (QED) is 0.574.